The van der Waals surface area contributed by atoms with Gasteiger partial charge in [0.2, 0.25) is 5.82 Å². The molecule has 0 radical (unpaired) electrons. The van der Waals surface area contributed by atoms with Crippen molar-refractivity contribution in [2.24, 2.45) is 5.92 Å². The van der Waals surface area contributed by atoms with Crippen LogP contribution in [0.3, 0.4) is 0 Å². The number of hydrogen-bond donors (Lipinski definition) is 1. The van der Waals surface area contributed by atoms with Gasteiger partial charge >= 0.3 is 5.69 Å². The minimum absolute atomic E-state index is 0.114. The molecule has 0 saturated carbocycles. The van der Waals surface area contributed by atoms with E-state index in [1.807, 2.05) is 6.92 Å². The number of nitrogens with one attached hydrogen (secondary N) is 1. The van der Waals surface area contributed by atoms with Gasteiger partial charge in [0.1, 0.15) is 5.69 Å². The molecule has 2 rings (SSSR count). The lowest BCUT2D eigenvalue weighted by molar-refractivity contribution is -0.384. The average molecular weight is 295 g/mol. The minimum atomic E-state index is -0.337. The van der Waals surface area contributed by atoms with Gasteiger partial charge < -0.3 is 10.2 Å². The predicted molar refractivity (Wildman–Crippen MR) is 82.6 cm³/mol. The molecule has 1 aliphatic rings. The summed E-state index contributed by atoms with van der Waals surface area (Å²) in [5.74, 6) is 1.13. The van der Waals surface area contributed by atoms with Crippen LogP contribution in [0.5, 0.6) is 0 Å². The second-order valence-electron chi connectivity index (χ2n) is 5.61. The molecule has 21 heavy (non-hydrogen) atoms. The monoisotopic (exact) mass is 295 g/mol. The highest BCUT2D eigenvalue weighted by Gasteiger charge is 2.26. The van der Waals surface area contributed by atoms with E-state index in [0.29, 0.717) is 24.0 Å². The number of piperidine rings is 1. The molecule has 0 aromatic carbocycles. The number of nitro groups is 1. The van der Waals surface area contributed by atoms with Gasteiger partial charge in [0, 0.05) is 13.1 Å². The molecule has 0 bridgehead atoms. The summed E-state index contributed by atoms with van der Waals surface area (Å²) >= 11 is 0. The standard InChI is InChI=1S/C14H25N5O2/c1-4-17-8-6-12(7-9-17)10-15-14-13(19(20)21)11(3)16-18(14)5-2/h12,15H,4-10H2,1-3H3. The molecule has 1 saturated heterocycles. The van der Waals surface area contributed by atoms with Crippen LogP contribution in [0.1, 0.15) is 32.4 Å². The predicted octanol–water partition coefficient (Wildman–Crippen LogP) is 2.26. The largest absolute Gasteiger partial charge is 0.364 e. The zero-order valence-electron chi connectivity index (χ0n) is 13.1. The Bertz CT molecular complexity index is 492. The van der Waals surface area contributed by atoms with Crippen LogP contribution >= 0.6 is 0 Å². The first-order chi connectivity index (χ1) is 10.1. The van der Waals surface area contributed by atoms with Crippen LogP contribution in [-0.4, -0.2) is 45.8 Å². The molecule has 1 fully saturated rings. The van der Waals surface area contributed by atoms with E-state index in [1.165, 1.54) is 0 Å². The first kappa shape index (κ1) is 15.8. The smallest absolute Gasteiger partial charge is 0.333 e. The lowest BCUT2D eigenvalue weighted by atomic mass is 9.97. The molecule has 1 N–H and O–H groups in total. The van der Waals surface area contributed by atoms with Crippen molar-refractivity contribution in [2.45, 2.75) is 40.2 Å². The van der Waals surface area contributed by atoms with Gasteiger partial charge in [0.05, 0.1) is 4.92 Å². The number of rotatable bonds is 6. The van der Waals surface area contributed by atoms with E-state index in [1.54, 1.807) is 11.6 Å². The summed E-state index contributed by atoms with van der Waals surface area (Å²) in [6, 6.07) is 0. The fraction of sp³-hybridized carbons (Fsp3) is 0.786. The molecular formula is C14H25N5O2. The number of nitrogens with zero attached hydrogens (tertiary/aromatic N) is 4. The Kier molecular flexibility index (Phi) is 5.17. The molecule has 1 aliphatic heterocycles. The number of anilines is 1. The van der Waals surface area contributed by atoms with E-state index in [0.717, 1.165) is 39.0 Å². The van der Waals surface area contributed by atoms with Crippen LogP contribution in [0.4, 0.5) is 11.5 Å². The van der Waals surface area contributed by atoms with E-state index in [-0.39, 0.29) is 10.6 Å². The van der Waals surface area contributed by atoms with Crippen molar-refractivity contribution in [3.05, 3.63) is 15.8 Å². The minimum Gasteiger partial charge on any atom is -0.364 e. The normalized spacial score (nSPS) is 17.1. The van der Waals surface area contributed by atoms with Crippen LogP contribution < -0.4 is 5.32 Å². The summed E-state index contributed by atoms with van der Waals surface area (Å²) in [6.45, 7) is 10.6. The summed E-state index contributed by atoms with van der Waals surface area (Å²) in [5, 5.41) is 18.7. The maximum atomic E-state index is 11.2. The summed E-state index contributed by atoms with van der Waals surface area (Å²) in [7, 11) is 0. The van der Waals surface area contributed by atoms with Crippen molar-refractivity contribution in [1.29, 1.82) is 0 Å². The zero-order chi connectivity index (χ0) is 15.4. The van der Waals surface area contributed by atoms with Crippen molar-refractivity contribution < 1.29 is 4.92 Å². The van der Waals surface area contributed by atoms with Gasteiger partial charge in [-0.05, 0) is 52.2 Å². The third kappa shape index (κ3) is 3.53. The topological polar surface area (TPSA) is 76.2 Å². The van der Waals surface area contributed by atoms with Gasteiger partial charge in [-0.2, -0.15) is 5.10 Å². The van der Waals surface area contributed by atoms with E-state index < -0.39 is 0 Å². The first-order valence-corrected chi connectivity index (χ1v) is 7.74. The molecule has 0 atom stereocenters. The highest BCUT2D eigenvalue weighted by atomic mass is 16.6. The van der Waals surface area contributed by atoms with Crippen molar-refractivity contribution in [2.75, 3.05) is 31.5 Å². The molecule has 0 amide bonds. The zero-order valence-corrected chi connectivity index (χ0v) is 13.1. The van der Waals surface area contributed by atoms with E-state index in [4.69, 9.17) is 0 Å². The van der Waals surface area contributed by atoms with Crippen molar-refractivity contribution in [3.63, 3.8) is 0 Å². The lowest BCUT2D eigenvalue weighted by Gasteiger charge is -2.31. The van der Waals surface area contributed by atoms with Gasteiger partial charge in [-0.1, -0.05) is 6.92 Å². The Morgan fingerprint density at radius 3 is 2.52 bits per heavy atom. The van der Waals surface area contributed by atoms with Crippen LogP contribution in [0, 0.1) is 23.0 Å². The Balaban J connectivity index is 2.01. The summed E-state index contributed by atoms with van der Waals surface area (Å²) in [5.41, 5.74) is 0.591. The van der Waals surface area contributed by atoms with Crippen molar-refractivity contribution in [1.82, 2.24) is 14.7 Å². The highest BCUT2D eigenvalue weighted by molar-refractivity contribution is 5.59. The van der Waals surface area contributed by atoms with Gasteiger partial charge in [-0.3, -0.25) is 10.1 Å². The highest BCUT2D eigenvalue weighted by Crippen LogP contribution is 2.29. The van der Waals surface area contributed by atoms with E-state index >= 15 is 0 Å². The van der Waals surface area contributed by atoms with Crippen LogP contribution in [-0.2, 0) is 6.54 Å². The second kappa shape index (κ2) is 6.89. The Morgan fingerprint density at radius 1 is 1.33 bits per heavy atom. The fourth-order valence-corrected chi connectivity index (χ4v) is 2.94. The average Bonchev–Trinajstić information content (AvgIpc) is 2.81. The van der Waals surface area contributed by atoms with Crippen LogP contribution in [0.2, 0.25) is 0 Å². The van der Waals surface area contributed by atoms with Crippen LogP contribution in [0.15, 0.2) is 0 Å². The van der Waals surface area contributed by atoms with Gasteiger partial charge in [0.25, 0.3) is 0 Å². The van der Waals surface area contributed by atoms with E-state index in [2.05, 4.69) is 22.2 Å². The van der Waals surface area contributed by atoms with Crippen LogP contribution in [0.25, 0.3) is 0 Å². The molecule has 2 heterocycles. The summed E-state index contributed by atoms with van der Waals surface area (Å²) < 4.78 is 1.69. The van der Waals surface area contributed by atoms with Crippen molar-refractivity contribution >= 4 is 11.5 Å². The molecule has 1 aromatic heterocycles. The molecule has 118 valence electrons. The quantitative estimate of drug-likeness (QED) is 0.643. The number of likely N-dealkylation sites (tertiary alicyclic amines) is 1. The van der Waals surface area contributed by atoms with E-state index in [9.17, 15) is 10.1 Å². The SMILES string of the molecule is CCN1CCC(CNc2c([N+](=O)[O-])c(C)nn2CC)CC1. The Morgan fingerprint density at radius 2 is 2.00 bits per heavy atom. The molecule has 0 aliphatic carbocycles. The third-order valence-corrected chi connectivity index (χ3v) is 4.29. The number of aryl methyl sites for hydroxylation is 2. The molecule has 0 spiro atoms. The molecule has 7 heteroatoms. The summed E-state index contributed by atoms with van der Waals surface area (Å²) in [4.78, 5) is 13.3. The number of hydrogen-bond acceptors (Lipinski definition) is 5. The fourth-order valence-electron chi connectivity index (χ4n) is 2.94. The number of aromatic nitrogens is 2. The first-order valence-electron chi connectivity index (χ1n) is 7.74. The Hall–Kier alpha value is -1.63. The molecule has 0 unspecified atom stereocenters. The molecular weight excluding hydrogens is 270 g/mol. The van der Waals surface area contributed by atoms with Gasteiger partial charge in [0.15, 0.2) is 0 Å². The van der Waals surface area contributed by atoms with Gasteiger partial charge in [-0.25, -0.2) is 4.68 Å². The maximum Gasteiger partial charge on any atom is 0.333 e. The third-order valence-electron chi connectivity index (χ3n) is 4.29. The van der Waals surface area contributed by atoms with Crippen molar-refractivity contribution in [3.8, 4) is 0 Å². The maximum absolute atomic E-state index is 11.2. The molecule has 7 nitrogen and oxygen atoms in total. The Labute approximate surface area is 125 Å². The second-order valence-corrected chi connectivity index (χ2v) is 5.61. The molecule has 1 aromatic rings. The summed E-state index contributed by atoms with van der Waals surface area (Å²) in [6.07, 6.45) is 2.29. The van der Waals surface area contributed by atoms with Gasteiger partial charge in [-0.15, -0.1) is 0 Å². The lowest BCUT2D eigenvalue weighted by Crippen LogP contribution is -2.35.